The largest absolute Gasteiger partial charge is 0.305 e. The van der Waals surface area contributed by atoms with Gasteiger partial charge < -0.3 is 4.90 Å². The van der Waals surface area contributed by atoms with Crippen molar-refractivity contribution in [1.82, 2.24) is 4.90 Å². The zero-order chi connectivity index (χ0) is 11.0. The third-order valence-electron chi connectivity index (χ3n) is 4.64. The predicted octanol–water partition coefficient (Wildman–Crippen LogP) is 3.06. The molecule has 1 aromatic carbocycles. The summed E-state index contributed by atoms with van der Waals surface area (Å²) in [6.45, 7) is 2.57. The van der Waals surface area contributed by atoms with Gasteiger partial charge in [-0.1, -0.05) is 43.2 Å². The lowest BCUT2D eigenvalue weighted by atomic mass is 9.64. The van der Waals surface area contributed by atoms with Crippen molar-refractivity contribution in [2.24, 2.45) is 5.92 Å². The first kappa shape index (κ1) is 10.3. The molecule has 3 rings (SSSR count). The first-order valence-electron chi connectivity index (χ1n) is 6.55. The van der Waals surface area contributed by atoms with E-state index in [0.29, 0.717) is 5.41 Å². The first-order chi connectivity index (χ1) is 7.81. The van der Waals surface area contributed by atoms with Crippen LogP contribution in [0, 0.1) is 5.92 Å². The van der Waals surface area contributed by atoms with Crippen molar-refractivity contribution in [3.05, 3.63) is 35.9 Å². The maximum Gasteiger partial charge on any atom is 0.0120 e. The van der Waals surface area contributed by atoms with Crippen LogP contribution in [-0.4, -0.2) is 25.0 Å². The highest BCUT2D eigenvalue weighted by atomic mass is 15.1. The number of rotatable bonds is 1. The van der Waals surface area contributed by atoms with Crippen LogP contribution in [0.2, 0.25) is 0 Å². The molecule has 2 atom stereocenters. The SMILES string of the molecule is CN1C[C@H]2CCCC[C@@]2(c2ccccc2)C1. The first-order valence-corrected chi connectivity index (χ1v) is 6.55. The molecule has 0 N–H and O–H groups in total. The molecule has 1 saturated heterocycles. The molecule has 16 heavy (non-hydrogen) atoms. The standard InChI is InChI=1S/C15H21N/c1-16-11-14-9-5-6-10-15(14,12-16)13-7-3-2-4-8-13/h2-4,7-8,14H,5-6,9-12H2,1H3/t14-,15+/m1/s1. The zero-order valence-electron chi connectivity index (χ0n) is 10.2. The van der Waals surface area contributed by atoms with Gasteiger partial charge in [0.15, 0.2) is 0 Å². The number of nitrogens with zero attached hydrogens (tertiary/aromatic N) is 1. The Balaban J connectivity index is 2.00. The molecule has 1 nitrogen and oxygen atoms in total. The second-order valence-corrected chi connectivity index (χ2v) is 5.66. The number of hydrogen-bond acceptors (Lipinski definition) is 1. The topological polar surface area (TPSA) is 3.24 Å². The number of fused-ring (bicyclic) bond motifs is 1. The van der Waals surface area contributed by atoms with Crippen LogP contribution in [0.5, 0.6) is 0 Å². The van der Waals surface area contributed by atoms with E-state index in [-0.39, 0.29) is 0 Å². The minimum Gasteiger partial charge on any atom is -0.305 e. The second-order valence-electron chi connectivity index (χ2n) is 5.66. The van der Waals surface area contributed by atoms with Crippen molar-refractivity contribution in [2.75, 3.05) is 20.1 Å². The van der Waals surface area contributed by atoms with Crippen LogP contribution in [-0.2, 0) is 5.41 Å². The Labute approximate surface area is 98.5 Å². The molecule has 1 heteroatoms. The number of benzene rings is 1. The van der Waals surface area contributed by atoms with E-state index in [2.05, 4.69) is 42.3 Å². The van der Waals surface area contributed by atoms with Crippen LogP contribution >= 0.6 is 0 Å². The highest BCUT2D eigenvalue weighted by molar-refractivity contribution is 5.29. The summed E-state index contributed by atoms with van der Waals surface area (Å²) in [5.74, 6) is 0.897. The van der Waals surface area contributed by atoms with Crippen LogP contribution in [0.4, 0.5) is 0 Å². The Morgan fingerprint density at radius 1 is 1.19 bits per heavy atom. The van der Waals surface area contributed by atoms with Crippen LogP contribution in [0.25, 0.3) is 0 Å². The van der Waals surface area contributed by atoms with Gasteiger partial charge in [-0.05, 0) is 31.4 Å². The van der Waals surface area contributed by atoms with E-state index in [1.54, 1.807) is 5.56 Å². The quantitative estimate of drug-likeness (QED) is 0.696. The third kappa shape index (κ3) is 1.49. The van der Waals surface area contributed by atoms with Crippen molar-refractivity contribution in [3.8, 4) is 0 Å². The number of likely N-dealkylation sites (N-methyl/N-ethyl adjacent to an activating group) is 1. The van der Waals surface area contributed by atoms with Gasteiger partial charge in [0.25, 0.3) is 0 Å². The lowest BCUT2D eigenvalue weighted by Gasteiger charge is -2.39. The molecule has 0 aromatic heterocycles. The maximum atomic E-state index is 2.53. The lowest BCUT2D eigenvalue weighted by Crippen LogP contribution is -2.37. The van der Waals surface area contributed by atoms with Crippen LogP contribution < -0.4 is 0 Å². The van der Waals surface area contributed by atoms with Crippen molar-refractivity contribution in [3.63, 3.8) is 0 Å². The number of likely N-dealkylation sites (tertiary alicyclic amines) is 1. The molecule has 0 spiro atoms. The van der Waals surface area contributed by atoms with Gasteiger partial charge in [0.05, 0.1) is 0 Å². The molecular weight excluding hydrogens is 194 g/mol. The Kier molecular flexibility index (Phi) is 2.51. The van der Waals surface area contributed by atoms with E-state index in [4.69, 9.17) is 0 Å². The molecule has 1 saturated carbocycles. The van der Waals surface area contributed by atoms with Gasteiger partial charge in [0.1, 0.15) is 0 Å². The highest BCUT2D eigenvalue weighted by Crippen LogP contribution is 2.48. The third-order valence-corrected chi connectivity index (χ3v) is 4.64. The summed E-state index contributed by atoms with van der Waals surface area (Å²) >= 11 is 0. The van der Waals surface area contributed by atoms with E-state index in [1.165, 1.54) is 38.8 Å². The number of hydrogen-bond donors (Lipinski definition) is 0. The molecular formula is C15H21N. The predicted molar refractivity (Wildman–Crippen MR) is 67.6 cm³/mol. The summed E-state index contributed by atoms with van der Waals surface area (Å²) in [4.78, 5) is 2.53. The lowest BCUT2D eigenvalue weighted by molar-refractivity contribution is 0.241. The molecule has 2 fully saturated rings. The highest BCUT2D eigenvalue weighted by Gasteiger charge is 2.47. The van der Waals surface area contributed by atoms with Crippen molar-refractivity contribution in [1.29, 1.82) is 0 Å². The second kappa shape index (κ2) is 3.89. The van der Waals surface area contributed by atoms with Crippen LogP contribution in [0.1, 0.15) is 31.2 Å². The molecule has 1 aliphatic carbocycles. The van der Waals surface area contributed by atoms with Gasteiger partial charge in [-0.15, -0.1) is 0 Å². The molecule has 1 heterocycles. The molecule has 0 radical (unpaired) electrons. The Morgan fingerprint density at radius 3 is 2.81 bits per heavy atom. The molecule has 1 aromatic rings. The van der Waals surface area contributed by atoms with Gasteiger partial charge in [-0.25, -0.2) is 0 Å². The monoisotopic (exact) mass is 215 g/mol. The molecule has 0 unspecified atom stereocenters. The van der Waals surface area contributed by atoms with Crippen molar-refractivity contribution >= 4 is 0 Å². The summed E-state index contributed by atoms with van der Waals surface area (Å²) in [6.07, 6.45) is 5.68. The van der Waals surface area contributed by atoms with Gasteiger partial charge >= 0.3 is 0 Å². The zero-order valence-corrected chi connectivity index (χ0v) is 10.2. The van der Waals surface area contributed by atoms with Crippen LogP contribution in [0.3, 0.4) is 0 Å². The average molecular weight is 215 g/mol. The van der Waals surface area contributed by atoms with Gasteiger partial charge in [0, 0.05) is 18.5 Å². The van der Waals surface area contributed by atoms with Crippen LogP contribution in [0.15, 0.2) is 30.3 Å². The average Bonchev–Trinajstić information content (AvgIpc) is 2.67. The maximum absolute atomic E-state index is 2.53. The fourth-order valence-electron chi connectivity index (χ4n) is 3.95. The van der Waals surface area contributed by atoms with E-state index in [9.17, 15) is 0 Å². The molecule has 2 aliphatic rings. The fourth-order valence-corrected chi connectivity index (χ4v) is 3.95. The molecule has 0 amide bonds. The Bertz CT molecular complexity index is 359. The summed E-state index contributed by atoms with van der Waals surface area (Å²) in [5.41, 5.74) is 2.07. The molecule has 86 valence electrons. The smallest absolute Gasteiger partial charge is 0.0120 e. The van der Waals surface area contributed by atoms with E-state index in [0.717, 1.165) is 5.92 Å². The Morgan fingerprint density at radius 2 is 2.00 bits per heavy atom. The minimum atomic E-state index is 0.480. The summed E-state index contributed by atoms with van der Waals surface area (Å²) < 4.78 is 0. The Hall–Kier alpha value is -0.820. The van der Waals surface area contributed by atoms with E-state index < -0.39 is 0 Å². The van der Waals surface area contributed by atoms with Crippen molar-refractivity contribution in [2.45, 2.75) is 31.1 Å². The van der Waals surface area contributed by atoms with Crippen molar-refractivity contribution < 1.29 is 0 Å². The molecule has 0 bridgehead atoms. The summed E-state index contributed by atoms with van der Waals surface area (Å²) in [6, 6.07) is 11.2. The normalized spacial score (nSPS) is 34.9. The summed E-state index contributed by atoms with van der Waals surface area (Å²) in [7, 11) is 2.28. The summed E-state index contributed by atoms with van der Waals surface area (Å²) in [5, 5.41) is 0. The van der Waals surface area contributed by atoms with E-state index in [1.807, 2.05) is 0 Å². The van der Waals surface area contributed by atoms with Gasteiger partial charge in [0.2, 0.25) is 0 Å². The molecule has 1 aliphatic heterocycles. The van der Waals surface area contributed by atoms with Gasteiger partial charge in [-0.3, -0.25) is 0 Å². The van der Waals surface area contributed by atoms with E-state index >= 15 is 0 Å². The minimum absolute atomic E-state index is 0.480. The fraction of sp³-hybridized carbons (Fsp3) is 0.600. The van der Waals surface area contributed by atoms with Gasteiger partial charge in [-0.2, -0.15) is 0 Å².